The number of methoxy groups -OCH3 is 1. The molecule has 1 aliphatic carbocycles. The average molecular weight is 597 g/mol. The fourth-order valence-corrected chi connectivity index (χ4v) is 6.09. The molecule has 0 spiro atoms. The summed E-state index contributed by atoms with van der Waals surface area (Å²) in [5.41, 5.74) is 1.18. The highest BCUT2D eigenvalue weighted by Gasteiger charge is 2.50. The summed E-state index contributed by atoms with van der Waals surface area (Å²) in [6, 6.07) is 21.9. The van der Waals surface area contributed by atoms with Gasteiger partial charge in [-0.25, -0.2) is 4.79 Å². The molecule has 1 aromatic heterocycles. The number of carbonyl (C=O) groups excluding carboxylic acids is 2. The van der Waals surface area contributed by atoms with E-state index in [-0.39, 0.29) is 25.3 Å². The fraction of sp³-hybridized carbons (Fsp3) is 0.265. The van der Waals surface area contributed by atoms with Crippen LogP contribution in [-0.4, -0.2) is 72.0 Å². The maximum atomic E-state index is 14.3. The van der Waals surface area contributed by atoms with Crippen molar-refractivity contribution in [3.63, 3.8) is 0 Å². The van der Waals surface area contributed by atoms with Crippen LogP contribution in [0.2, 0.25) is 0 Å². The van der Waals surface area contributed by atoms with E-state index in [9.17, 15) is 24.6 Å². The number of aliphatic hydroxyl groups excluding tert-OH is 2. The van der Waals surface area contributed by atoms with Crippen molar-refractivity contribution in [3.05, 3.63) is 118 Å². The topological polar surface area (TPSA) is 139 Å². The number of rotatable bonds is 9. The monoisotopic (exact) mass is 596 g/mol. The van der Waals surface area contributed by atoms with Crippen LogP contribution in [0.25, 0.3) is 11.0 Å². The SMILES string of the molecule is COc1ccccc1CCN(C(=O)c1cc2ccccc2oc1=O)C1C=C(C(=O)NCCO)C2c3ccccc3OC2C1O. The fourth-order valence-electron chi connectivity index (χ4n) is 6.09. The molecule has 1 aliphatic heterocycles. The lowest BCUT2D eigenvalue weighted by molar-refractivity contribution is -0.118. The van der Waals surface area contributed by atoms with Crippen LogP contribution in [-0.2, 0) is 11.2 Å². The van der Waals surface area contributed by atoms with Crippen molar-refractivity contribution in [3.8, 4) is 11.5 Å². The maximum absolute atomic E-state index is 14.3. The first-order valence-corrected chi connectivity index (χ1v) is 14.4. The normalized spacial score (nSPS) is 20.2. The van der Waals surface area contributed by atoms with Crippen LogP contribution < -0.4 is 20.4 Å². The number of amides is 2. The van der Waals surface area contributed by atoms with E-state index < -0.39 is 41.6 Å². The zero-order chi connectivity index (χ0) is 30.8. The van der Waals surface area contributed by atoms with Crippen molar-refractivity contribution < 1.29 is 33.7 Å². The van der Waals surface area contributed by atoms with Crippen LogP contribution in [0.3, 0.4) is 0 Å². The molecule has 2 amide bonds. The molecule has 3 aromatic carbocycles. The Hall–Kier alpha value is -4.93. The zero-order valence-electron chi connectivity index (χ0n) is 24.0. The molecular formula is C34H32N2O8. The van der Waals surface area contributed by atoms with Gasteiger partial charge in [-0.15, -0.1) is 0 Å². The summed E-state index contributed by atoms with van der Waals surface area (Å²) in [5, 5.41) is 24.5. The van der Waals surface area contributed by atoms with Gasteiger partial charge < -0.3 is 34.3 Å². The maximum Gasteiger partial charge on any atom is 0.349 e. The molecule has 4 aromatic rings. The first kappa shape index (κ1) is 29.2. The molecule has 4 unspecified atom stereocenters. The van der Waals surface area contributed by atoms with Crippen molar-refractivity contribution in [1.82, 2.24) is 10.2 Å². The number of fused-ring (bicyclic) bond motifs is 4. The van der Waals surface area contributed by atoms with Gasteiger partial charge >= 0.3 is 5.63 Å². The highest BCUT2D eigenvalue weighted by Crippen LogP contribution is 2.47. The minimum Gasteiger partial charge on any atom is -0.496 e. The Morgan fingerprint density at radius 2 is 1.77 bits per heavy atom. The molecule has 2 aliphatic rings. The van der Waals surface area contributed by atoms with Gasteiger partial charge in [0.1, 0.15) is 34.9 Å². The number of aliphatic hydroxyl groups is 2. The van der Waals surface area contributed by atoms with E-state index in [1.54, 1.807) is 49.6 Å². The van der Waals surface area contributed by atoms with E-state index in [1.807, 2.05) is 36.4 Å². The lowest BCUT2D eigenvalue weighted by Gasteiger charge is -2.40. The van der Waals surface area contributed by atoms with E-state index in [1.165, 1.54) is 11.0 Å². The van der Waals surface area contributed by atoms with E-state index in [0.29, 0.717) is 34.5 Å². The highest BCUT2D eigenvalue weighted by atomic mass is 16.5. The molecule has 4 atom stereocenters. The van der Waals surface area contributed by atoms with E-state index in [0.717, 1.165) is 11.1 Å². The van der Waals surface area contributed by atoms with Crippen LogP contribution in [0.5, 0.6) is 11.5 Å². The molecule has 0 bridgehead atoms. The van der Waals surface area contributed by atoms with Crippen molar-refractivity contribution in [2.24, 2.45) is 0 Å². The molecule has 6 rings (SSSR count). The van der Waals surface area contributed by atoms with Crippen molar-refractivity contribution in [1.29, 1.82) is 0 Å². The summed E-state index contributed by atoms with van der Waals surface area (Å²) < 4.78 is 17.2. The lowest BCUT2D eigenvalue weighted by atomic mass is 9.77. The van der Waals surface area contributed by atoms with Crippen LogP contribution in [0.15, 0.2) is 99.7 Å². The number of ether oxygens (including phenoxy) is 2. The minimum absolute atomic E-state index is 0.0257. The average Bonchev–Trinajstić information content (AvgIpc) is 3.44. The van der Waals surface area contributed by atoms with Gasteiger partial charge in [-0.1, -0.05) is 54.6 Å². The van der Waals surface area contributed by atoms with Gasteiger partial charge in [-0.2, -0.15) is 0 Å². The third-order valence-corrected chi connectivity index (χ3v) is 8.18. The van der Waals surface area contributed by atoms with Crippen LogP contribution in [0, 0.1) is 0 Å². The Morgan fingerprint density at radius 1 is 1.02 bits per heavy atom. The molecule has 226 valence electrons. The van der Waals surface area contributed by atoms with E-state index >= 15 is 0 Å². The Kier molecular flexibility index (Phi) is 8.19. The molecule has 0 radical (unpaired) electrons. The third kappa shape index (κ3) is 5.34. The van der Waals surface area contributed by atoms with Gasteiger partial charge in [-0.3, -0.25) is 9.59 Å². The van der Waals surface area contributed by atoms with Crippen LogP contribution >= 0.6 is 0 Å². The molecule has 0 fully saturated rings. The summed E-state index contributed by atoms with van der Waals surface area (Å²) in [5.74, 6) is -0.556. The Balaban J connectivity index is 1.45. The molecule has 10 nitrogen and oxygen atoms in total. The van der Waals surface area contributed by atoms with Gasteiger partial charge in [0, 0.05) is 29.6 Å². The standard InChI is InChI=1S/C34H32N2O8/c1-42-26-11-5-2-8-20(26)14-16-36(33(40)24-18-21-9-3-6-12-27(21)44-34(24)41)25-19-23(32(39)35-15-17-37)29-22-10-4-7-13-28(22)43-31(29)30(25)38/h2-13,18-19,25,29-31,37-38H,14-17H2,1H3,(H,35,39). The number of hydrogen-bond acceptors (Lipinski definition) is 8. The number of hydrogen-bond donors (Lipinski definition) is 3. The second kappa shape index (κ2) is 12.4. The quantitative estimate of drug-likeness (QED) is 0.251. The first-order chi connectivity index (χ1) is 21.4. The van der Waals surface area contributed by atoms with E-state index in [2.05, 4.69) is 5.32 Å². The van der Waals surface area contributed by atoms with Gasteiger partial charge in [0.05, 0.1) is 25.7 Å². The smallest absolute Gasteiger partial charge is 0.349 e. The van der Waals surface area contributed by atoms with Crippen LogP contribution in [0.1, 0.15) is 27.4 Å². The van der Waals surface area contributed by atoms with Crippen molar-refractivity contribution in [2.75, 3.05) is 26.8 Å². The molecule has 10 heteroatoms. The predicted octanol–water partition coefficient (Wildman–Crippen LogP) is 2.81. The summed E-state index contributed by atoms with van der Waals surface area (Å²) in [7, 11) is 1.56. The summed E-state index contributed by atoms with van der Waals surface area (Å²) in [4.78, 5) is 42.3. The molecule has 0 saturated heterocycles. The lowest BCUT2D eigenvalue weighted by Crippen LogP contribution is -2.56. The zero-order valence-corrected chi connectivity index (χ0v) is 24.0. The van der Waals surface area contributed by atoms with Crippen molar-refractivity contribution in [2.45, 2.75) is 30.6 Å². The number of carbonyl (C=O) groups is 2. The van der Waals surface area contributed by atoms with Gasteiger partial charge in [0.2, 0.25) is 5.91 Å². The number of benzene rings is 3. The molecule has 3 N–H and O–H groups in total. The second-order valence-electron chi connectivity index (χ2n) is 10.7. The van der Waals surface area contributed by atoms with Gasteiger partial charge in [0.25, 0.3) is 5.91 Å². The highest BCUT2D eigenvalue weighted by molar-refractivity contribution is 5.98. The largest absolute Gasteiger partial charge is 0.496 e. The summed E-state index contributed by atoms with van der Waals surface area (Å²) >= 11 is 0. The molecule has 2 heterocycles. The minimum atomic E-state index is -1.25. The third-order valence-electron chi connectivity index (χ3n) is 8.18. The molecular weight excluding hydrogens is 564 g/mol. The number of nitrogens with zero attached hydrogens (tertiary/aromatic N) is 1. The Labute approximate surface area is 253 Å². The molecule has 0 saturated carbocycles. The predicted molar refractivity (Wildman–Crippen MR) is 162 cm³/mol. The molecule has 44 heavy (non-hydrogen) atoms. The Morgan fingerprint density at radius 3 is 2.59 bits per heavy atom. The first-order valence-electron chi connectivity index (χ1n) is 14.4. The second-order valence-corrected chi connectivity index (χ2v) is 10.7. The number of nitrogens with one attached hydrogen (secondary N) is 1. The van der Waals surface area contributed by atoms with Gasteiger partial charge in [-0.05, 0) is 42.3 Å². The summed E-state index contributed by atoms with van der Waals surface area (Å²) in [6.45, 7) is -0.162. The summed E-state index contributed by atoms with van der Waals surface area (Å²) in [6.07, 6.45) is -0.234. The van der Waals surface area contributed by atoms with Gasteiger partial charge in [0.15, 0.2) is 0 Å². The van der Waals surface area contributed by atoms with E-state index in [4.69, 9.17) is 13.9 Å². The van der Waals surface area contributed by atoms with Crippen LogP contribution in [0.4, 0.5) is 0 Å². The van der Waals surface area contributed by atoms with Crippen molar-refractivity contribution >= 4 is 22.8 Å². The Bertz CT molecular complexity index is 1800. The number of para-hydroxylation sites is 3.